The van der Waals surface area contributed by atoms with E-state index in [4.69, 9.17) is 23.2 Å². The van der Waals surface area contributed by atoms with Crippen LogP contribution in [-0.2, 0) is 0 Å². The summed E-state index contributed by atoms with van der Waals surface area (Å²) >= 11 is 10.6. The Morgan fingerprint density at radius 2 is 1.56 bits per heavy atom. The lowest BCUT2D eigenvalue weighted by Gasteiger charge is -2.19. The molecule has 100 valence electrons. The Morgan fingerprint density at radius 1 is 1.06 bits per heavy atom. The van der Waals surface area contributed by atoms with Crippen molar-refractivity contribution in [3.8, 4) is 0 Å². The van der Waals surface area contributed by atoms with Crippen LogP contribution >= 0.6 is 23.2 Å². The zero-order chi connectivity index (χ0) is 14.3. The molecular weight excluding hydrogens is 309 g/mol. The normalized spacial score (nSPS) is 12.7. The lowest BCUT2D eigenvalue weighted by Crippen LogP contribution is -2.44. The minimum atomic E-state index is -6.15. The number of carbonyl (C=O) groups excluding carboxylic acids is 1. The standard InChI is InChI=1S/C9H2Cl2F6O/c10-3-1-2-4(12)5(6(3)11)7(18)8(13,14)9(15,16)17/h1-2H. The van der Waals surface area contributed by atoms with E-state index in [9.17, 15) is 31.1 Å². The largest absolute Gasteiger partial charge is 0.461 e. The summed E-state index contributed by atoms with van der Waals surface area (Å²) < 4.78 is 74.5. The van der Waals surface area contributed by atoms with E-state index in [1.807, 2.05) is 0 Å². The Kier molecular flexibility index (Phi) is 3.88. The summed E-state index contributed by atoms with van der Waals surface area (Å²) in [5, 5.41) is -1.51. The highest BCUT2D eigenvalue weighted by Gasteiger charge is 2.64. The van der Waals surface area contributed by atoms with E-state index >= 15 is 0 Å². The van der Waals surface area contributed by atoms with Crippen molar-refractivity contribution >= 4 is 29.0 Å². The number of hydrogen-bond acceptors (Lipinski definition) is 1. The number of carbonyl (C=O) groups is 1. The molecule has 0 saturated carbocycles. The zero-order valence-electron chi connectivity index (χ0n) is 8.09. The second kappa shape index (κ2) is 4.62. The fourth-order valence-corrected chi connectivity index (χ4v) is 1.42. The number of benzene rings is 1. The summed E-state index contributed by atoms with van der Waals surface area (Å²) in [4.78, 5) is 11.1. The molecule has 0 aromatic heterocycles. The highest BCUT2D eigenvalue weighted by Crippen LogP contribution is 2.40. The monoisotopic (exact) mass is 310 g/mol. The van der Waals surface area contributed by atoms with Gasteiger partial charge in [0.1, 0.15) is 5.82 Å². The molecule has 0 aliphatic heterocycles. The number of rotatable bonds is 2. The third-order valence-corrected chi connectivity index (χ3v) is 2.72. The second-order valence-corrected chi connectivity index (χ2v) is 3.90. The van der Waals surface area contributed by atoms with Gasteiger partial charge in [-0.15, -0.1) is 0 Å². The summed E-state index contributed by atoms with van der Waals surface area (Å²) in [5.74, 6) is -10.2. The maximum Gasteiger partial charge on any atom is 0.461 e. The van der Waals surface area contributed by atoms with Gasteiger partial charge >= 0.3 is 12.1 Å². The molecule has 0 N–H and O–H groups in total. The third kappa shape index (κ3) is 2.42. The summed E-state index contributed by atoms with van der Waals surface area (Å²) in [5.41, 5.74) is -1.59. The molecule has 0 saturated heterocycles. The van der Waals surface area contributed by atoms with Crippen LogP contribution < -0.4 is 0 Å². The molecule has 0 amide bonds. The van der Waals surface area contributed by atoms with Gasteiger partial charge in [-0.05, 0) is 12.1 Å². The van der Waals surface area contributed by atoms with Crippen molar-refractivity contribution in [3.05, 3.63) is 33.6 Å². The van der Waals surface area contributed by atoms with Gasteiger partial charge in [0.15, 0.2) is 0 Å². The second-order valence-electron chi connectivity index (χ2n) is 3.12. The summed E-state index contributed by atoms with van der Waals surface area (Å²) in [6.07, 6.45) is -6.15. The molecule has 9 heteroatoms. The first kappa shape index (κ1) is 15.1. The molecule has 1 nitrogen and oxygen atoms in total. The minimum absolute atomic E-state index is 0.466. The van der Waals surface area contributed by atoms with E-state index in [1.165, 1.54) is 0 Å². The van der Waals surface area contributed by atoms with Gasteiger partial charge < -0.3 is 0 Å². The van der Waals surface area contributed by atoms with Crippen LogP contribution in [0.15, 0.2) is 12.1 Å². The van der Waals surface area contributed by atoms with Crippen molar-refractivity contribution in [2.75, 3.05) is 0 Å². The van der Waals surface area contributed by atoms with E-state index in [2.05, 4.69) is 0 Å². The first-order valence-corrected chi connectivity index (χ1v) is 4.88. The molecule has 0 unspecified atom stereocenters. The average Bonchev–Trinajstić information content (AvgIpc) is 2.22. The Bertz CT molecular complexity index is 497. The SMILES string of the molecule is O=C(c1c(F)ccc(Cl)c1Cl)C(F)(F)C(F)(F)F. The molecule has 0 radical (unpaired) electrons. The maximum atomic E-state index is 13.1. The third-order valence-electron chi connectivity index (χ3n) is 1.91. The van der Waals surface area contributed by atoms with Gasteiger partial charge in [0, 0.05) is 0 Å². The lowest BCUT2D eigenvalue weighted by molar-refractivity contribution is -0.255. The Labute approximate surface area is 106 Å². The van der Waals surface area contributed by atoms with Gasteiger partial charge in [-0.1, -0.05) is 23.2 Å². The first-order valence-electron chi connectivity index (χ1n) is 4.13. The highest BCUT2D eigenvalue weighted by atomic mass is 35.5. The van der Waals surface area contributed by atoms with Gasteiger partial charge in [-0.2, -0.15) is 22.0 Å². The van der Waals surface area contributed by atoms with Crippen LogP contribution in [0.5, 0.6) is 0 Å². The maximum absolute atomic E-state index is 13.1. The molecule has 0 heterocycles. The fraction of sp³-hybridized carbons (Fsp3) is 0.222. The van der Waals surface area contributed by atoms with Crippen LogP contribution in [0.25, 0.3) is 0 Å². The van der Waals surface area contributed by atoms with Crippen LogP contribution in [-0.4, -0.2) is 17.9 Å². The summed E-state index contributed by atoms with van der Waals surface area (Å²) in [6.45, 7) is 0. The van der Waals surface area contributed by atoms with Crippen LogP contribution in [0.2, 0.25) is 10.0 Å². The van der Waals surface area contributed by atoms with E-state index in [-0.39, 0.29) is 0 Å². The molecule has 0 atom stereocenters. The highest BCUT2D eigenvalue weighted by molar-refractivity contribution is 6.44. The molecule has 0 fully saturated rings. The topological polar surface area (TPSA) is 17.1 Å². The molecule has 1 aromatic carbocycles. The van der Waals surface area contributed by atoms with Crippen LogP contribution in [0.4, 0.5) is 26.3 Å². The number of halogens is 8. The predicted octanol–water partition coefficient (Wildman–Crippen LogP) is 4.51. The molecule has 0 spiro atoms. The van der Waals surface area contributed by atoms with E-state index < -0.39 is 39.3 Å². The van der Waals surface area contributed by atoms with E-state index in [1.54, 1.807) is 0 Å². The van der Waals surface area contributed by atoms with Crippen LogP contribution in [0.1, 0.15) is 10.4 Å². The molecular formula is C9H2Cl2F6O. The Balaban J connectivity index is 3.41. The van der Waals surface area contributed by atoms with Gasteiger partial charge in [-0.25, -0.2) is 4.39 Å². The molecule has 0 aliphatic rings. The molecule has 0 bridgehead atoms. The van der Waals surface area contributed by atoms with Crippen molar-refractivity contribution in [1.29, 1.82) is 0 Å². The van der Waals surface area contributed by atoms with Crippen molar-refractivity contribution in [3.63, 3.8) is 0 Å². The minimum Gasteiger partial charge on any atom is -0.287 e. The van der Waals surface area contributed by atoms with Gasteiger partial charge in [0.25, 0.3) is 0 Å². The first-order chi connectivity index (χ1) is 8.00. The van der Waals surface area contributed by atoms with Gasteiger partial charge in [-0.3, -0.25) is 4.79 Å². The molecule has 1 aromatic rings. The van der Waals surface area contributed by atoms with Crippen LogP contribution in [0.3, 0.4) is 0 Å². The van der Waals surface area contributed by atoms with Crippen molar-refractivity contribution in [2.24, 2.45) is 0 Å². The van der Waals surface area contributed by atoms with Crippen molar-refractivity contribution < 1.29 is 31.1 Å². The van der Waals surface area contributed by atoms with Crippen molar-refractivity contribution in [1.82, 2.24) is 0 Å². The fourth-order valence-electron chi connectivity index (χ4n) is 1.02. The lowest BCUT2D eigenvalue weighted by atomic mass is 10.0. The summed E-state index contributed by atoms with van der Waals surface area (Å²) in [7, 11) is 0. The predicted molar refractivity (Wildman–Crippen MR) is 51.8 cm³/mol. The number of Topliss-reactive ketones (excluding diaryl/α,β-unsaturated/α-hetero) is 1. The number of ketones is 1. The van der Waals surface area contributed by atoms with E-state index in [0.717, 1.165) is 6.07 Å². The Morgan fingerprint density at radius 3 is 2.00 bits per heavy atom. The van der Waals surface area contributed by atoms with E-state index in [0.29, 0.717) is 6.07 Å². The van der Waals surface area contributed by atoms with Gasteiger partial charge in [0.2, 0.25) is 5.78 Å². The van der Waals surface area contributed by atoms with Crippen molar-refractivity contribution in [2.45, 2.75) is 12.1 Å². The quantitative estimate of drug-likeness (QED) is 0.446. The average molecular weight is 311 g/mol. The smallest absolute Gasteiger partial charge is 0.287 e. The number of hydrogen-bond donors (Lipinski definition) is 0. The molecule has 0 aliphatic carbocycles. The Hall–Kier alpha value is -0.950. The van der Waals surface area contributed by atoms with Crippen LogP contribution in [0, 0.1) is 5.82 Å². The van der Waals surface area contributed by atoms with Gasteiger partial charge in [0.05, 0.1) is 15.6 Å². The zero-order valence-corrected chi connectivity index (χ0v) is 9.60. The molecule has 1 rings (SSSR count). The summed E-state index contributed by atoms with van der Waals surface area (Å²) in [6, 6.07) is 1.29. The number of alkyl halides is 5. The molecule has 18 heavy (non-hydrogen) atoms.